The van der Waals surface area contributed by atoms with Crippen LogP contribution in [0.4, 0.5) is 10.5 Å². The zero-order valence-corrected chi connectivity index (χ0v) is 14.8. The van der Waals surface area contributed by atoms with Crippen molar-refractivity contribution in [3.8, 4) is 0 Å². The average Bonchev–Trinajstić information content (AvgIpc) is 2.83. The summed E-state index contributed by atoms with van der Waals surface area (Å²) in [6.07, 6.45) is 4.34. The molecule has 1 spiro atoms. The minimum absolute atomic E-state index is 0.0894. The van der Waals surface area contributed by atoms with E-state index in [2.05, 4.69) is 10.6 Å². The molecular formula is C19H25N3O3. The summed E-state index contributed by atoms with van der Waals surface area (Å²) in [5, 5.41) is 5.69. The molecule has 1 heterocycles. The number of rotatable bonds is 4. The predicted molar refractivity (Wildman–Crippen MR) is 95.1 cm³/mol. The zero-order valence-electron chi connectivity index (χ0n) is 14.8. The third kappa shape index (κ3) is 3.13. The van der Waals surface area contributed by atoms with E-state index in [1.54, 1.807) is 0 Å². The lowest BCUT2D eigenvalue weighted by Crippen LogP contribution is -2.54. The molecule has 3 rings (SSSR count). The molecule has 134 valence electrons. The topological polar surface area (TPSA) is 78.5 Å². The van der Waals surface area contributed by atoms with Crippen molar-refractivity contribution in [1.29, 1.82) is 0 Å². The van der Waals surface area contributed by atoms with Crippen LogP contribution in [0.25, 0.3) is 0 Å². The molecule has 2 aliphatic rings. The molecule has 2 fully saturated rings. The Bertz CT molecular complexity index is 703. The van der Waals surface area contributed by atoms with E-state index in [-0.39, 0.29) is 24.3 Å². The number of carbonyl (C=O) groups excluding carboxylic acids is 3. The minimum atomic E-state index is -0.822. The van der Waals surface area contributed by atoms with Crippen LogP contribution in [0.15, 0.2) is 24.3 Å². The number of aryl methyl sites for hydroxylation is 1. The molecular weight excluding hydrogens is 318 g/mol. The number of benzene rings is 1. The first kappa shape index (κ1) is 17.5. The molecule has 1 aromatic rings. The van der Waals surface area contributed by atoms with Gasteiger partial charge in [-0.15, -0.1) is 0 Å². The summed E-state index contributed by atoms with van der Waals surface area (Å²) in [6.45, 7) is 3.76. The highest BCUT2D eigenvalue weighted by atomic mass is 16.2. The maximum absolute atomic E-state index is 12.9. The van der Waals surface area contributed by atoms with E-state index in [0.717, 1.165) is 41.8 Å². The van der Waals surface area contributed by atoms with Crippen LogP contribution in [0, 0.1) is 5.92 Å². The lowest BCUT2D eigenvalue weighted by molar-refractivity contribution is -0.136. The number of anilines is 1. The van der Waals surface area contributed by atoms with Gasteiger partial charge in [0.15, 0.2) is 0 Å². The van der Waals surface area contributed by atoms with Gasteiger partial charge in [-0.25, -0.2) is 4.79 Å². The van der Waals surface area contributed by atoms with Crippen LogP contribution in [0.2, 0.25) is 0 Å². The fraction of sp³-hybridized carbons (Fsp3) is 0.526. The summed E-state index contributed by atoms with van der Waals surface area (Å²) < 4.78 is 0. The molecule has 1 aromatic carbocycles. The Morgan fingerprint density at radius 1 is 1.32 bits per heavy atom. The summed E-state index contributed by atoms with van der Waals surface area (Å²) in [6, 6.07) is 7.08. The number of hydrogen-bond acceptors (Lipinski definition) is 3. The second-order valence-corrected chi connectivity index (χ2v) is 7.00. The summed E-state index contributed by atoms with van der Waals surface area (Å²) in [5.74, 6) is -0.528. The molecule has 6 nitrogen and oxygen atoms in total. The van der Waals surface area contributed by atoms with Crippen molar-refractivity contribution < 1.29 is 14.4 Å². The smallest absolute Gasteiger partial charge is 0.324 e. The highest BCUT2D eigenvalue weighted by Gasteiger charge is 2.55. The fourth-order valence-corrected chi connectivity index (χ4v) is 3.92. The molecule has 25 heavy (non-hydrogen) atoms. The van der Waals surface area contributed by atoms with Gasteiger partial charge >= 0.3 is 6.03 Å². The second kappa shape index (κ2) is 6.86. The van der Waals surface area contributed by atoms with E-state index in [4.69, 9.17) is 0 Å². The molecule has 2 atom stereocenters. The quantitative estimate of drug-likeness (QED) is 0.825. The van der Waals surface area contributed by atoms with Crippen LogP contribution in [0.3, 0.4) is 0 Å². The van der Waals surface area contributed by atoms with Gasteiger partial charge < -0.3 is 10.6 Å². The van der Waals surface area contributed by atoms with Gasteiger partial charge in [-0.05, 0) is 36.8 Å². The van der Waals surface area contributed by atoms with E-state index < -0.39 is 11.6 Å². The molecule has 1 aliphatic heterocycles. The molecule has 0 radical (unpaired) electrons. The summed E-state index contributed by atoms with van der Waals surface area (Å²) >= 11 is 0. The summed E-state index contributed by atoms with van der Waals surface area (Å²) in [4.78, 5) is 38.7. The molecule has 1 aliphatic carbocycles. The number of amides is 4. The third-order valence-electron chi connectivity index (χ3n) is 5.48. The molecule has 2 N–H and O–H groups in total. The van der Waals surface area contributed by atoms with E-state index >= 15 is 0 Å². The van der Waals surface area contributed by atoms with Gasteiger partial charge in [-0.2, -0.15) is 0 Å². The summed E-state index contributed by atoms with van der Waals surface area (Å²) in [5.41, 5.74) is 0.921. The Morgan fingerprint density at radius 2 is 2.08 bits per heavy atom. The predicted octanol–water partition coefficient (Wildman–Crippen LogP) is 2.69. The SMILES string of the molecule is CCc1ccccc1NC(=O)CN1C(=O)N[C@]2(CCCC[C@@H]2C)C1=O. The maximum Gasteiger partial charge on any atom is 0.325 e. The van der Waals surface area contributed by atoms with Crippen molar-refractivity contribution in [3.63, 3.8) is 0 Å². The monoisotopic (exact) mass is 343 g/mol. The highest BCUT2D eigenvalue weighted by Crippen LogP contribution is 2.38. The van der Waals surface area contributed by atoms with Gasteiger partial charge in [0.2, 0.25) is 5.91 Å². The maximum atomic E-state index is 12.9. The van der Waals surface area contributed by atoms with Gasteiger partial charge in [-0.3, -0.25) is 14.5 Å². The van der Waals surface area contributed by atoms with Crippen LogP contribution >= 0.6 is 0 Å². The lowest BCUT2D eigenvalue weighted by atomic mass is 9.73. The van der Waals surface area contributed by atoms with Crippen LogP contribution in [0.5, 0.6) is 0 Å². The third-order valence-corrected chi connectivity index (χ3v) is 5.48. The Hall–Kier alpha value is -2.37. The van der Waals surface area contributed by atoms with E-state index in [0.29, 0.717) is 6.42 Å². The standard InChI is InChI=1S/C19H25N3O3/c1-3-14-9-4-5-10-15(14)20-16(23)12-22-17(24)19(21-18(22)25)11-7-6-8-13(19)2/h4-5,9-10,13H,3,6-8,11-12H2,1-2H3,(H,20,23)(H,21,25)/t13-,19-/m0/s1. The van der Waals surface area contributed by atoms with Gasteiger partial charge in [0.1, 0.15) is 12.1 Å². The Balaban J connectivity index is 1.71. The largest absolute Gasteiger partial charge is 0.325 e. The van der Waals surface area contributed by atoms with Crippen LogP contribution in [-0.2, 0) is 16.0 Å². The molecule has 0 unspecified atom stereocenters. The van der Waals surface area contributed by atoms with Gasteiger partial charge in [0.25, 0.3) is 5.91 Å². The van der Waals surface area contributed by atoms with Crippen molar-refractivity contribution in [2.75, 3.05) is 11.9 Å². The highest BCUT2D eigenvalue weighted by molar-refractivity contribution is 6.10. The van der Waals surface area contributed by atoms with Crippen LogP contribution < -0.4 is 10.6 Å². The molecule has 0 aromatic heterocycles. The van der Waals surface area contributed by atoms with Gasteiger partial charge in [0.05, 0.1) is 0 Å². The van der Waals surface area contributed by atoms with Crippen LogP contribution in [0.1, 0.15) is 45.1 Å². The molecule has 0 bridgehead atoms. The number of carbonyl (C=O) groups is 3. The molecule has 1 saturated carbocycles. The lowest BCUT2D eigenvalue weighted by Gasteiger charge is -2.36. The Kier molecular flexibility index (Phi) is 4.79. The molecule has 6 heteroatoms. The number of nitrogens with one attached hydrogen (secondary N) is 2. The average molecular weight is 343 g/mol. The summed E-state index contributed by atoms with van der Waals surface area (Å²) in [7, 11) is 0. The number of para-hydroxylation sites is 1. The van der Waals surface area contributed by atoms with Crippen molar-refractivity contribution >= 4 is 23.5 Å². The van der Waals surface area contributed by atoms with Crippen LogP contribution in [-0.4, -0.2) is 34.8 Å². The fourth-order valence-electron chi connectivity index (χ4n) is 3.92. The number of hydrogen-bond donors (Lipinski definition) is 2. The number of nitrogens with zero attached hydrogens (tertiary/aromatic N) is 1. The Labute approximate surface area is 148 Å². The van der Waals surface area contributed by atoms with Crippen molar-refractivity contribution in [2.24, 2.45) is 5.92 Å². The first-order valence-electron chi connectivity index (χ1n) is 9.00. The van der Waals surface area contributed by atoms with Crippen molar-refractivity contribution in [2.45, 2.75) is 51.5 Å². The van der Waals surface area contributed by atoms with Crippen molar-refractivity contribution in [1.82, 2.24) is 10.2 Å². The number of urea groups is 1. The molecule has 4 amide bonds. The zero-order chi connectivity index (χ0) is 18.0. The van der Waals surface area contributed by atoms with Crippen molar-refractivity contribution in [3.05, 3.63) is 29.8 Å². The first-order chi connectivity index (χ1) is 12.0. The van der Waals surface area contributed by atoms with E-state index in [1.807, 2.05) is 38.1 Å². The van der Waals surface area contributed by atoms with E-state index in [1.165, 1.54) is 0 Å². The van der Waals surface area contributed by atoms with E-state index in [9.17, 15) is 14.4 Å². The second-order valence-electron chi connectivity index (χ2n) is 7.00. The Morgan fingerprint density at radius 3 is 2.80 bits per heavy atom. The molecule has 1 saturated heterocycles. The minimum Gasteiger partial charge on any atom is -0.324 e. The number of imide groups is 1. The normalized spacial score (nSPS) is 26.0. The van der Waals surface area contributed by atoms with Gasteiger partial charge in [-0.1, -0.05) is 44.9 Å². The first-order valence-corrected chi connectivity index (χ1v) is 9.00. The van der Waals surface area contributed by atoms with Gasteiger partial charge in [0, 0.05) is 5.69 Å².